The number of carboxylic acids is 1. The van der Waals surface area contributed by atoms with E-state index in [-0.39, 0.29) is 5.92 Å². The predicted molar refractivity (Wildman–Crippen MR) is 84.7 cm³/mol. The zero-order chi connectivity index (χ0) is 14.7. The van der Waals surface area contributed by atoms with Crippen molar-refractivity contribution < 1.29 is 9.90 Å². The van der Waals surface area contributed by atoms with Gasteiger partial charge in [-0.1, -0.05) is 60.7 Å². The van der Waals surface area contributed by atoms with E-state index in [1.54, 1.807) is 0 Å². The first-order valence-corrected chi connectivity index (χ1v) is 7.31. The lowest BCUT2D eigenvalue weighted by molar-refractivity contribution is -0.141. The molecule has 1 atom stereocenters. The molecular weight excluding hydrogens is 260 g/mol. The van der Waals surface area contributed by atoms with E-state index in [2.05, 4.69) is 24.3 Å². The largest absolute Gasteiger partial charge is 0.481 e. The van der Waals surface area contributed by atoms with E-state index >= 15 is 0 Å². The van der Waals surface area contributed by atoms with Crippen LogP contribution in [0.15, 0.2) is 60.7 Å². The summed E-state index contributed by atoms with van der Waals surface area (Å²) in [6.45, 7) is 0. The van der Waals surface area contributed by atoms with Crippen molar-refractivity contribution in [3.63, 3.8) is 0 Å². The molecule has 1 aliphatic rings. The maximum Gasteiger partial charge on any atom is 0.306 e. The average molecular weight is 278 g/mol. The lowest BCUT2D eigenvalue weighted by Gasteiger charge is -2.25. The Hall–Kier alpha value is -2.35. The summed E-state index contributed by atoms with van der Waals surface area (Å²) in [6.07, 6.45) is 2.16. The molecule has 3 rings (SSSR count). The normalized spacial score (nSPS) is 18.6. The van der Waals surface area contributed by atoms with Crippen LogP contribution in [-0.4, -0.2) is 11.1 Å². The van der Waals surface area contributed by atoms with Crippen LogP contribution in [0.3, 0.4) is 0 Å². The topological polar surface area (TPSA) is 37.3 Å². The highest BCUT2D eigenvalue weighted by molar-refractivity contribution is 5.93. The molecule has 0 saturated carbocycles. The summed E-state index contributed by atoms with van der Waals surface area (Å²) in [4.78, 5) is 11.4. The zero-order valence-electron chi connectivity index (χ0n) is 11.8. The molecule has 0 amide bonds. The summed E-state index contributed by atoms with van der Waals surface area (Å²) >= 11 is 0. The quantitative estimate of drug-likeness (QED) is 0.898. The van der Waals surface area contributed by atoms with Gasteiger partial charge in [0.25, 0.3) is 0 Å². The molecule has 21 heavy (non-hydrogen) atoms. The third-order valence-corrected chi connectivity index (χ3v) is 4.15. The van der Waals surface area contributed by atoms with E-state index in [1.165, 1.54) is 16.7 Å². The maximum absolute atomic E-state index is 11.4. The molecular formula is C19H18O2. The minimum atomic E-state index is -0.685. The van der Waals surface area contributed by atoms with Crippen molar-refractivity contribution in [3.8, 4) is 0 Å². The van der Waals surface area contributed by atoms with Crippen molar-refractivity contribution in [1.82, 2.24) is 0 Å². The summed E-state index contributed by atoms with van der Waals surface area (Å²) in [5.74, 6) is -0.955. The fourth-order valence-corrected chi connectivity index (χ4v) is 3.04. The van der Waals surface area contributed by atoms with Gasteiger partial charge in [-0.05, 0) is 41.5 Å². The second-order valence-electron chi connectivity index (χ2n) is 5.47. The van der Waals surface area contributed by atoms with Crippen molar-refractivity contribution in [2.45, 2.75) is 19.3 Å². The van der Waals surface area contributed by atoms with Crippen molar-refractivity contribution in [3.05, 3.63) is 71.8 Å². The fraction of sp³-hybridized carbons (Fsp3) is 0.211. The highest BCUT2D eigenvalue weighted by Crippen LogP contribution is 2.40. The maximum atomic E-state index is 11.4. The van der Waals surface area contributed by atoms with Gasteiger partial charge in [-0.25, -0.2) is 0 Å². The molecule has 0 radical (unpaired) electrons. The van der Waals surface area contributed by atoms with E-state index in [4.69, 9.17) is 0 Å². The number of allylic oxidation sites excluding steroid dienone is 2. The first-order valence-electron chi connectivity index (χ1n) is 7.31. The van der Waals surface area contributed by atoms with Gasteiger partial charge in [-0.15, -0.1) is 0 Å². The fourth-order valence-electron chi connectivity index (χ4n) is 3.04. The number of carbonyl (C=O) groups is 1. The Morgan fingerprint density at radius 1 is 0.857 bits per heavy atom. The van der Waals surface area contributed by atoms with Gasteiger partial charge in [-0.2, -0.15) is 0 Å². The lowest BCUT2D eigenvalue weighted by atomic mass is 9.78. The zero-order valence-corrected chi connectivity index (χ0v) is 11.8. The molecule has 0 spiro atoms. The van der Waals surface area contributed by atoms with Gasteiger partial charge in [0.2, 0.25) is 0 Å². The molecule has 1 N–H and O–H groups in total. The van der Waals surface area contributed by atoms with Gasteiger partial charge in [-0.3, -0.25) is 4.79 Å². The van der Waals surface area contributed by atoms with Crippen LogP contribution in [0.4, 0.5) is 0 Å². The van der Waals surface area contributed by atoms with Crippen LogP contribution in [0.2, 0.25) is 0 Å². The molecule has 0 heterocycles. The minimum absolute atomic E-state index is 0.271. The van der Waals surface area contributed by atoms with Crippen LogP contribution < -0.4 is 0 Å². The van der Waals surface area contributed by atoms with Gasteiger partial charge >= 0.3 is 5.97 Å². The molecule has 2 nitrogen and oxygen atoms in total. The van der Waals surface area contributed by atoms with Crippen molar-refractivity contribution in [2.75, 3.05) is 0 Å². The Morgan fingerprint density at radius 3 is 1.90 bits per heavy atom. The van der Waals surface area contributed by atoms with E-state index in [9.17, 15) is 9.90 Å². The number of hydrogen-bond acceptors (Lipinski definition) is 1. The summed E-state index contributed by atoms with van der Waals surface area (Å²) in [6, 6.07) is 20.5. The Kier molecular flexibility index (Phi) is 3.87. The molecule has 2 aromatic rings. The molecule has 0 bridgehead atoms. The molecule has 1 aliphatic carbocycles. The monoisotopic (exact) mass is 278 g/mol. The lowest BCUT2D eigenvalue weighted by Crippen LogP contribution is -2.18. The van der Waals surface area contributed by atoms with Crippen molar-refractivity contribution >= 4 is 17.1 Å². The van der Waals surface area contributed by atoms with Gasteiger partial charge in [0.15, 0.2) is 0 Å². The number of rotatable bonds is 3. The molecule has 0 saturated heterocycles. The summed E-state index contributed by atoms with van der Waals surface area (Å²) < 4.78 is 0. The Morgan fingerprint density at radius 2 is 1.38 bits per heavy atom. The SMILES string of the molecule is O=C(O)C1CCC(c2ccccc2)=C(c2ccccc2)C1. The van der Waals surface area contributed by atoms with Crippen LogP contribution in [-0.2, 0) is 4.79 Å². The molecule has 106 valence electrons. The minimum Gasteiger partial charge on any atom is -0.481 e. The van der Waals surface area contributed by atoms with E-state index < -0.39 is 5.97 Å². The number of aliphatic carboxylic acids is 1. The number of benzene rings is 2. The van der Waals surface area contributed by atoms with Crippen molar-refractivity contribution in [1.29, 1.82) is 0 Å². The highest BCUT2D eigenvalue weighted by atomic mass is 16.4. The molecule has 1 unspecified atom stereocenters. The van der Waals surface area contributed by atoms with E-state index in [1.807, 2.05) is 36.4 Å². The average Bonchev–Trinajstić information content (AvgIpc) is 2.56. The number of carboxylic acid groups (broad SMARTS) is 1. The van der Waals surface area contributed by atoms with Gasteiger partial charge in [0, 0.05) is 0 Å². The Balaban J connectivity index is 2.08. The molecule has 0 aromatic heterocycles. The van der Waals surface area contributed by atoms with Gasteiger partial charge in [0.1, 0.15) is 0 Å². The third kappa shape index (κ3) is 2.89. The smallest absolute Gasteiger partial charge is 0.306 e. The highest BCUT2D eigenvalue weighted by Gasteiger charge is 2.27. The Labute approximate surface area is 124 Å². The molecule has 2 heteroatoms. The molecule has 2 aromatic carbocycles. The van der Waals surface area contributed by atoms with Crippen LogP contribution in [0.1, 0.15) is 30.4 Å². The van der Waals surface area contributed by atoms with E-state index in [0.717, 1.165) is 18.4 Å². The van der Waals surface area contributed by atoms with Crippen molar-refractivity contribution in [2.24, 2.45) is 5.92 Å². The van der Waals surface area contributed by atoms with Crippen LogP contribution in [0.5, 0.6) is 0 Å². The third-order valence-electron chi connectivity index (χ3n) is 4.15. The molecule has 0 fully saturated rings. The van der Waals surface area contributed by atoms with Crippen LogP contribution >= 0.6 is 0 Å². The second kappa shape index (κ2) is 5.96. The van der Waals surface area contributed by atoms with Crippen LogP contribution in [0.25, 0.3) is 11.1 Å². The van der Waals surface area contributed by atoms with Crippen LogP contribution in [0, 0.1) is 5.92 Å². The first kappa shape index (κ1) is 13.6. The van der Waals surface area contributed by atoms with Gasteiger partial charge < -0.3 is 5.11 Å². The Bertz CT molecular complexity index is 656. The summed E-state index contributed by atoms with van der Waals surface area (Å²) in [7, 11) is 0. The molecule has 0 aliphatic heterocycles. The second-order valence-corrected chi connectivity index (χ2v) is 5.47. The summed E-state index contributed by atoms with van der Waals surface area (Å²) in [5.41, 5.74) is 4.82. The van der Waals surface area contributed by atoms with E-state index in [0.29, 0.717) is 6.42 Å². The predicted octanol–water partition coefficient (Wildman–Crippen LogP) is 4.48. The summed E-state index contributed by atoms with van der Waals surface area (Å²) in [5, 5.41) is 9.34. The standard InChI is InChI=1S/C19H18O2/c20-19(21)16-11-12-17(14-7-3-1-4-8-14)18(13-16)15-9-5-2-6-10-15/h1-10,16H,11-13H2,(H,20,21). The first-order chi connectivity index (χ1) is 10.3. The number of hydrogen-bond donors (Lipinski definition) is 1. The van der Waals surface area contributed by atoms with Gasteiger partial charge in [0.05, 0.1) is 5.92 Å².